The summed E-state index contributed by atoms with van der Waals surface area (Å²) in [6.07, 6.45) is 2.43. The fourth-order valence-corrected chi connectivity index (χ4v) is 2.77. The molecular weight excluding hydrogens is 402 g/mol. The summed E-state index contributed by atoms with van der Waals surface area (Å²) in [5, 5.41) is 3.19. The first-order valence-electron chi connectivity index (χ1n) is 6.41. The van der Waals surface area contributed by atoms with E-state index in [9.17, 15) is 0 Å². The molecule has 0 atom stereocenters. The van der Waals surface area contributed by atoms with Crippen molar-refractivity contribution in [1.29, 1.82) is 0 Å². The molecule has 5 nitrogen and oxygen atoms in total. The lowest BCUT2D eigenvalue weighted by Gasteiger charge is -2.13. The Morgan fingerprint density at radius 1 is 1.24 bits per heavy atom. The van der Waals surface area contributed by atoms with Gasteiger partial charge in [0.2, 0.25) is 5.75 Å². The molecule has 1 N–H and O–H groups in total. The second-order valence-electron chi connectivity index (χ2n) is 4.16. The normalized spacial score (nSPS) is 10.3. The minimum Gasteiger partial charge on any atom is -0.489 e. The average Bonchev–Trinajstić information content (AvgIpc) is 2.48. The fraction of sp³-hybridized carbons (Fsp3) is 0.286. The number of aromatic nitrogens is 2. The van der Waals surface area contributed by atoms with Crippen LogP contribution >= 0.6 is 31.9 Å². The number of anilines is 1. The van der Waals surface area contributed by atoms with E-state index in [0.717, 1.165) is 21.9 Å². The van der Waals surface area contributed by atoms with Crippen molar-refractivity contribution in [2.45, 2.75) is 13.3 Å². The van der Waals surface area contributed by atoms with Crippen molar-refractivity contribution in [3.8, 4) is 17.4 Å². The quantitative estimate of drug-likeness (QED) is 0.744. The molecule has 0 saturated carbocycles. The summed E-state index contributed by atoms with van der Waals surface area (Å²) in [7, 11) is 1.57. The number of nitrogens with one attached hydrogen (secondary N) is 1. The Balaban J connectivity index is 2.30. The van der Waals surface area contributed by atoms with Crippen molar-refractivity contribution in [2.75, 3.05) is 19.0 Å². The van der Waals surface area contributed by atoms with Crippen LogP contribution in [0.15, 0.2) is 33.5 Å². The van der Waals surface area contributed by atoms with E-state index >= 15 is 0 Å². The van der Waals surface area contributed by atoms with Gasteiger partial charge in [0, 0.05) is 11.0 Å². The van der Waals surface area contributed by atoms with E-state index in [-0.39, 0.29) is 0 Å². The molecular formula is C14H15Br2N3O2. The summed E-state index contributed by atoms with van der Waals surface area (Å²) in [5.74, 6) is 2.13. The molecule has 0 radical (unpaired) electrons. The van der Waals surface area contributed by atoms with Crippen LogP contribution in [0.1, 0.15) is 13.3 Å². The van der Waals surface area contributed by atoms with E-state index in [1.54, 1.807) is 7.11 Å². The number of hydrogen-bond donors (Lipinski definition) is 1. The molecule has 1 aromatic carbocycles. The van der Waals surface area contributed by atoms with Crippen LogP contribution in [-0.4, -0.2) is 23.6 Å². The molecule has 0 spiro atoms. The summed E-state index contributed by atoms with van der Waals surface area (Å²) >= 11 is 6.86. The third-order valence-corrected chi connectivity index (χ3v) is 3.73. The highest BCUT2D eigenvalue weighted by molar-refractivity contribution is 9.11. The maximum Gasteiger partial charge on any atom is 0.268 e. The second kappa shape index (κ2) is 7.61. The molecule has 1 aromatic heterocycles. The Kier molecular flexibility index (Phi) is 5.81. The van der Waals surface area contributed by atoms with Crippen LogP contribution in [0.3, 0.4) is 0 Å². The molecule has 0 fully saturated rings. The largest absolute Gasteiger partial charge is 0.489 e. The van der Waals surface area contributed by atoms with Crippen molar-refractivity contribution in [3.05, 3.63) is 33.5 Å². The van der Waals surface area contributed by atoms with Gasteiger partial charge < -0.3 is 14.8 Å². The number of hydrogen-bond acceptors (Lipinski definition) is 5. The van der Waals surface area contributed by atoms with E-state index in [2.05, 4.69) is 54.1 Å². The lowest BCUT2D eigenvalue weighted by Crippen LogP contribution is -2.06. The van der Waals surface area contributed by atoms with Gasteiger partial charge >= 0.3 is 0 Å². The molecule has 2 rings (SSSR count). The lowest BCUT2D eigenvalue weighted by atomic mass is 10.3. The van der Waals surface area contributed by atoms with Gasteiger partial charge in [-0.3, -0.25) is 0 Å². The van der Waals surface area contributed by atoms with Gasteiger partial charge in [-0.2, -0.15) is 4.98 Å². The highest BCUT2D eigenvalue weighted by atomic mass is 79.9. The molecule has 0 amide bonds. The minimum absolute atomic E-state index is 0.370. The van der Waals surface area contributed by atoms with Gasteiger partial charge in [-0.25, -0.2) is 4.98 Å². The monoisotopic (exact) mass is 415 g/mol. The van der Waals surface area contributed by atoms with Crippen LogP contribution in [0.2, 0.25) is 0 Å². The molecule has 1 heterocycles. The number of ether oxygens (including phenoxy) is 2. The molecule has 2 aromatic rings. The number of halogens is 2. The Bertz CT molecular complexity index is 623. The highest BCUT2D eigenvalue weighted by Gasteiger charge is 2.15. The predicted molar refractivity (Wildman–Crippen MR) is 89.3 cm³/mol. The molecule has 0 aliphatic carbocycles. The van der Waals surface area contributed by atoms with Gasteiger partial charge in [0.05, 0.1) is 11.6 Å². The van der Waals surface area contributed by atoms with Gasteiger partial charge in [-0.05, 0) is 40.5 Å². The fourth-order valence-electron chi connectivity index (χ4n) is 1.65. The Morgan fingerprint density at radius 2 is 2.05 bits per heavy atom. The summed E-state index contributed by atoms with van der Waals surface area (Å²) in [5.41, 5.74) is 0. The first kappa shape index (κ1) is 16.0. The Labute approximate surface area is 140 Å². The number of benzene rings is 1. The van der Waals surface area contributed by atoms with Crippen molar-refractivity contribution < 1.29 is 9.47 Å². The maximum absolute atomic E-state index is 5.82. The molecule has 21 heavy (non-hydrogen) atoms. The van der Waals surface area contributed by atoms with Crippen molar-refractivity contribution >= 4 is 37.7 Å². The second-order valence-corrected chi connectivity index (χ2v) is 5.93. The maximum atomic E-state index is 5.82. The number of methoxy groups -OCH3 is 1. The van der Waals surface area contributed by atoms with Gasteiger partial charge in [0.15, 0.2) is 5.82 Å². The van der Waals surface area contributed by atoms with Gasteiger partial charge in [0.1, 0.15) is 12.1 Å². The van der Waals surface area contributed by atoms with E-state index in [1.807, 2.05) is 18.2 Å². The molecule has 0 aliphatic rings. The number of rotatable bonds is 6. The summed E-state index contributed by atoms with van der Waals surface area (Å²) in [6.45, 7) is 2.88. The molecule has 0 bridgehead atoms. The first-order chi connectivity index (χ1) is 10.2. The first-order valence-corrected chi connectivity index (χ1v) is 8.00. The summed E-state index contributed by atoms with van der Waals surface area (Å²) in [6, 6.07) is 5.64. The summed E-state index contributed by atoms with van der Waals surface area (Å²) < 4.78 is 13.0. The van der Waals surface area contributed by atoms with Crippen molar-refractivity contribution in [3.63, 3.8) is 0 Å². The Morgan fingerprint density at radius 3 is 2.71 bits per heavy atom. The van der Waals surface area contributed by atoms with E-state index in [4.69, 9.17) is 9.47 Å². The topological polar surface area (TPSA) is 56.3 Å². The van der Waals surface area contributed by atoms with Crippen LogP contribution in [-0.2, 0) is 0 Å². The van der Waals surface area contributed by atoms with Crippen molar-refractivity contribution in [1.82, 2.24) is 9.97 Å². The summed E-state index contributed by atoms with van der Waals surface area (Å²) in [4.78, 5) is 8.33. The molecule has 0 unspecified atom stereocenters. The van der Waals surface area contributed by atoms with Crippen molar-refractivity contribution in [2.24, 2.45) is 0 Å². The van der Waals surface area contributed by atoms with E-state index in [0.29, 0.717) is 23.2 Å². The van der Waals surface area contributed by atoms with E-state index < -0.39 is 0 Å². The van der Waals surface area contributed by atoms with Crippen LogP contribution in [0.4, 0.5) is 5.82 Å². The average molecular weight is 417 g/mol. The predicted octanol–water partition coefficient (Wildman–Crippen LogP) is 4.62. The molecule has 0 aliphatic heterocycles. The zero-order valence-electron chi connectivity index (χ0n) is 11.7. The van der Waals surface area contributed by atoms with Crippen LogP contribution < -0.4 is 14.8 Å². The van der Waals surface area contributed by atoms with Gasteiger partial charge in [-0.1, -0.05) is 22.9 Å². The van der Waals surface area contributed by atoms with Crippen LogP contribution in [0.25, 0.3) is 0 Å². The smallest absolute Gasteiger partial charge is 0.268 e. The molecule has 112 valence electrons. The zero-order chi connectivity index (χ0) is 15.2. The van der Waals surface area contributed by atoms with Gasteiger partial charge in [0.25, 0.3) is 5.88 Å². The third-order valence-electron chi connectivity index (χ3n) is 2.62. The Hall–Kier alpha value is -1.34. The SMILES string of the molecule is CCCNc1ncnc(Oc2ccc(Br)cc2Br)c1OC. The standard InChI is InChI=1S/C14H15Br2N3O2/c1-3-6-17-13-12(20-2)14(19-8-18-13)21-11-5-4-9(15)7-10(11)16/h4-5,7-8H,3,6H2,1-2H3,(H,17,18,19). The lowest BCUT2D eigenvalue weighted by molar-refractivity contribution is 0.368. The third kappa shape index (κ3) is 4.07. The molecule has 0 saturated heterocycles. The van der Waals surface area contributed by atoms with Gasteiger partial charge in [-0.15, -0.1) is 0 Å². The van der Waals surface area contributed by atoms with Crippen LogP contribution in [0, 0.1) is 0 Å². The highest BCUT2D eigenvalue weighted by Crippen LogP contribution is 2.37. The van der Waals surface area contributed by atoms with Crippen LogP contribution in [0.5, 0.6) is 17.4 Å². The number of nitrogens with zero attached hydrogens (tertiary/aromatic N) is 2. The minimum atomic E-state index is 0.370. The van der Waals surface area contributed by atoms with E-state index in [1.165, 1.54) is 6.33 Å². The zero-order valence-corrected chi connectivity index (χ0v) is 14.9. The molecule has 7 heteroatoms.